The van der Waals surface area contributed by atoms with Gasteiger partial charge in [-0.15, -0.1) is 0 Å². The van der Waals surface area contributed by atoms with Crippen molar-refractivity contribution in [1.82, 2.24) is 0 Å². The van der Waals surface area contributed by atoms with E-state index in [1.165, 1.54) is 0 Å². The minimum absolute atomic E-state index is 0.127. The number of rotatable bonds is 3. The Hall–Kier alpha value is -2.38. The maximum Gasteiger partial charge on any atom is 0.412 e. The highest BCUT2D eigenvalue weighted by Crippen LogP contribution is 2.36. The van der Waals surface area contributed by atoms with Gasteiger partial charge in [0.15, 0.2) is 0 Å². The molecule has 0 aliphatic carbocycles. The van der Waals surface area contributed by atoms with E-state index in [0.717, 1.165) is 12.1 Å². The number of benzene rings is 1. The predicted molar refractivity (Wildman–Crippen MR) is 69.5 cm³/mol. The standard InChI is InChI=1S/C13H15F2NO5/c1-12(2,3)21-11(20)16-7-4-5-9(17)8(6-7)13(14,15)10(18)19/h4-6,17H,1-3H3,(H,16,20)(H,18,19). The molecule has 0 aromatic heterocycles. The molecular weight excluding hydrogens is 288 g/mol. The molecule has 0 heterocycles. The van der Waals surface area contributed by atoms with Crippen LogP contribution in [0.2, 0.25) is 0 Å². The number of anilines is 1. The minimum atomic E-state index is -4.28. The van der Waals surface area contributed by atoms with Gasteiger partial charge in [0.2, 0.25) is 0 Å². The van der Waals surface area contributed by atoms with Crippen molar-refractivity contribution >= 4 is 17.7 Å². The van der Waals surface area contributed by atoms with Crippen LogP contribution in [0.4, 0.5) is 19.3 Å². The molecule has 116 valence electrons. The zero-order valence-corrected chi connectivity index (χ0v) is 11.6. The number of aromatic hydroxyl groups is 1. The minimum Gasteiger partial charge on any atom is -0.507 e. The lowest BCUT2D eigenvalue weighted by atomic mass is 10.1. The number of carboxylic acid groups (broad SMARTS) is 1. The van der Waals surface area contributed by atoms with Gasteiger partial charge in [-0.1, -0.05) is 0 Å². The Morgan fingerprint density at radius 2 is 1.81 bits per heavy atom. The normalized spacial score (nSPS) is 11.9. The Balaban J connectivity index is 3.03. The summed E-state index contributed by atoms with van der Waals surface area (Å²) >= 11 is 0. The molecule has 0 aliphatic heterocycles. The van der Waals surface area contributed by atoms with E-state index in [1.807, 2.05) is 0 Å². The summed E-state index contributed by atoms with van der Waals surface area (Å²) in [5.74, 6) is -7.58. The Morgan fingerprint density at radius 1 is 1.24 bits per heavy atom. The van der Waals surface area contributed by atoms with E-state index in [-0.39, 0.29) is 5.69 Å². The molecule has 21 heavy (non-hydrogen) atoms. The smallest absolute Gasteiger partial charge is 0.412 e. The van der Waals surface area contributed by atoms with E-state index in [1.54, 1.807) is 20.8 Å². The SMILES string of the molecule is CC(C)(C)OC(=O)Nc1ccc(O)c(C(F)(F)C(=O)O)c1. The lowest BCUT2D eigenvalue weighted by Gasteiger charge is -2.20. The summed E-state index contributed by atoms with van der Waals surface area (Å²) in [7, 11) is 0. The van der Waals surface area contributed by atoms with Crippen LogP contribution < -0.4 is 5.32 Å². The van der Waals surface area contributed by atoms with Gasteiger partial charge >= 0.3 is 18.0 Å². The number of alkyl halides is 2. The second kappa shape index (κ2) is 5.55. The number of carbonyl (C=O) groups excluding carboxylic acids is 1. The molecule has 0 unspecified atom stereocenters. The topological polar surface area (TPSA) is 95.9 Å². The summed E-state index contributed by atoms with van der Waals surface area (Å²) in [6.07, 6.45) is -0.891. The summed E-state index contributed by atoms with van der Waals surface area (Å²) in [6, 6.07) is 2.67. The first-order valence-electron chi connectivity index (χ1n) is 5.88. The molecule has 1 rings (SSSR count). The first kappa shape index (κ1) is 16.7. The fourth-order valence-corrected chi connectivity index (χ4v) is 1.40. The number of hydrogen-bond donors (Lipinski definition) is 3. The van der Waals surface area contributed by atoms with Gasteiger partial charge in [-0.25, -0.2) is 9.59 Å². The van der Waals surface area contributed by atoms with Gasteiger partial charge in [0.1, 0.15) is 11.4 Å². The molecule has 1 amide bonds. The molecule has 0 bridgehead atoms. The van der Waals surface area contributed by atoms with Gasteiger partial charge in [0.05, 0.1) is 5.56 Å². The highest BCUT2D eigenvalue weighted by molar-refractivity contribution is 5.86. The molecule has 1 aromatic rings. The molecule has 0 atom stereocenters. The van der Waals surface area contributed by atoms with Gasteiger partial charge in [-0.3, -0.25) is 5.32 Å². The monoisotopic (exact) mass is 303 g/mol. The zero-order chi connectivity index (χ0) is 16.4. The van der Waals surface area contributed by atoms with Crippen molar-refractivity contribution in [3.8, 4) is 5.75 Å². The van der Waals surface area contributed by atoms with Gasteiger partial charge < -0.3 is 14.9 Å². The Bertz CT molecular complexity index is 566. The van der Waals surface area contributed by atoms with Crippen molar-refractivity contribution < 1.29 is 33.3 Å². The van der Waals surface area contributed by atoms with Crippen molar-refractivity contribution in [2.24, 2.45) is 0 Å². The maximum atomic E-state index is 13.4. The lowest BCUT2D eigenvalue weighted by Crippen LogP contribution is -2.28. The summed E-state index contributed by atoms with van der Waals surface area (Å²) in [6.45, 7) is 4.86. The number of amides is 1. The molecule has 0 radical (unpaired) electrons. The highest BCUT2D eigenvalue weighted by atomic mass is 19.3. The summed E-state index contributed by atoms with van der Waals surface area (Å²) in [4.78, 5) is 22.0. The van der Waals surface area contributed by atoms with Crippen molar-refractivity contribution in [3.63, 3.8) is 0 Å². The van der Waals surface area contributed by atoms with E-state index in [0.29, 0.717) is 6.07 Å². The molecule has 0 saturated heterocycles. The molecule has 6 nitrogen and oxygen atoms in total. The number of phenols is 1. The molecule has 8 heteroatoms. The predicted octanol–water partition coefficient (Wildman–Crippen LogP) is 2.92. The van der Waals surface area contributed by atoms with E-state index in [4.69, 9.17) is 9.84 Å². The molecule has 3 N–H and O–H groups in total. The quantitative estimate of drug-likeness (QED) is 0.746. The van der Waals surface area contributed by atoms with Gasteiger partial charge in [0, 0.05) is 5.69 Å². The van der Waals surface area contributed by atoms with Crippen molar-refractivity contribution in [2.45, 2.75) is 32.3 Å². The number of aliphatic carboxylic acids is 1. The number of carbonyl (C=O) groups is 2. The van der Waals surface area contributed by atoms with Crippen LogP contribution in [0.5, 0.6) is 5.75 Å². The Labute approximate surface area is 119 Å². The van der Waals surface area contributed by atoms with E-state index in [2.05, 4.69) is 5.32 Å². The summed E-state index contributed by atoms with van der Waals surface area (Å²) in [5, 5.41) is 20.0. The first-order valence-corrected chi connectivity index (χ1v) is 5.88. The second-order valence-corrected chi connectivity index (χ2v) is 5.24. The third kappa shape index (κ3) is 4.30. The van der Waals surface area contributed by atoms with Gasteiger partial charge in [-0.05, 0) is 39.0 Å². The van der Waals surface area contributed by atoms with Crippen LogP contribution in [0.1, 0.15) is 26.3 Å². The molecule has 1 aromatic carbocycles. The lowest BCUT2D eigenvalue weighted by molar-refractivity contribution is -0.166. The van der Waals surface area contributed by atoms with E-state index in [9.17, 15) is 23.5 Å². The third-order valence-corrected chi connectivity index (χ3v) is 2.25. The van der Waals surface area contributed by atoms with Crippen LogP contribution in [-0.4, -0.2) is 27.9 Å². The molecule has 0 spiro atoms. The molecule has 0 aliphatic rings. The largest absolute Gasteiger partial charge is 0.507 e. The zero-order valence-electron chi connectivity index (χ0n) is 11.6. The van der Waals surface area contributed by atoms with Crippen LogP contribution in [0.15, 0.2) is 18.2 Å². The Kier molecular flexibility index (Phi) is 4.40. The second-order valence-electron chi connectivity index (χ2n) is 5.24. The number of phenolic OH excluding ortho intramolecular Hbond substituents is 1. The van der Waals surface area contributed by atoms with Crippen molar-refractivity contribution in [1.29, 1.82) is 0 Å². The van der Waals surface area contributed by atoms with E-state index >= 15 is 0 Å². The number of halogens is 2. The summed E-state index contributed by atoms with van der Waals surface area (Å²) < 4.78 is 31.8. The first-order chi connectivity index (χ1) is 9.43. The molecular formula is C13H15F2NO5. The Morgan fingerprint density at radius 3 is 2.29 bits per heavy atom. The number of ether oxygens (including phenoxy) is 1. The van der Waals surface area contributed by atoms with E-state index < -0.39 is 34.9 Å². The highest BCUT2D eigenvalue weighted by Gasteiger charge is 2.43. The van der Waals surface area contributed by atoms with Crippen LogP contribution in [0, 0.1) is 0 Å². The number of hydrogen-bond acceptors (Lipinski definition) is 4. The average Bonchev–Trinajstić information content (AvgIpc) is 2.28. The fourth-order valence-electron chi connectivity index (χ4n) is 1.40. The molecule has 0 saturated carbocycles. The van der Waals surface area contributed by atoms with Crippen LogP contribution in [-0.2, 0) is 15.5 Å². The molecule has 0 fully saturated rings. The van der Waals surface area contributed by atoms with Crippen LogP contribution in [0.3, 0.4) is 0 Å². The number of nitrogens with one attached hydrogen (secondary N) is 1. The maximum absolute atomic E-state index is 13.4. The van der Waals surface area contributed by atoms with Crippen molar-refractivity contribution in [2.75, 3.05) is 5.32 Å². The van der Waals surface area contributed by atoms with Gasteiger partial charge in [0.25, 0.3) is 0 Å². The average molecular weight is 303 g/mol. The van der Waals surface area contributed by atoms with Crippen LogP contribution in [0.25, 0.3) is 0 Å². The van der Waals surface area contributed by atoms with Crippen molar-refractivity contribution in [3.05, 3.63) is 23.8 Å². The van der Waals surface area contributed by atoms with Gasteiger partial charge in [-0.2, -0.15) is 8.78 Å². The fraction of sp³-hybridized carbons (Fsp3) is 0.385. The summed E-state index contributed by atoms with van der Waals surface area (Å²) in [5.41, 5.74) is -2.03. The third-order valence-electron chi connectivity index (χ3n) is 2.25. The van der Waals surface area contributed by atoms with Crippen LogP contribution >= 0.6 is 0 Å². The number of carboxylic acids is 1.